The van der Waals surface area contributed by atoms with E-state index in [4.69, 9.17) is 5.11 Å². The van der Waals surface area contributed by atoms with E-state index < -0.39 is 17.8 Å². The molecule has 0 heterocycles. The molecule has 1 amide bonds. The van der Waals surface area contributed by atoms with Gasteiger partial charge >= 0.3 is 12.3 Å². The van der Waals surface area contributed by atoms with E-state index in [-0.39, 0.29) is 6.04 Å². The Morgan fingerprint density at radius 3 is 2.08 bits per heavy atom. The highest BCUT2D eigenvalue weighted by molar-refractivity contribution is 5.65. The van der Waals surface area contributed by atoms with Crippen LogP contribution in [0.4, 0.5) is 18.0 Å². The highest BCUT2D eigenvalue weighted by Gasteiger charge is 2.29. The van der Waals surface area contributed by atoms with Crippen LogP contribution < -0.4 is 10.6 Å². The Kier molecular flexibility index (Phi) is 6.63. The summed E-state index contributed by atoms with van der Waals surface area (Å²) >= 11 is 0. The summed E-state index contributed by atoms with van der Waals surface area (Å²) in [6.07, 6.45) is -4.68. The van der Waals surface area contributed by atoms with Crippen molar-refractivity contribution < 1.29 is 23.1 Å². The van der Waals surface area contributed by atoms with E-state index >= 15 is 0 Å². The number of alkyl halides is 3. The summed E-state index contributed by atoms with van der Waals surface area (Å²) in [5.41, 5.74) is 1.96. The molecule has 2 rings (SSSR count). The van der Waals surface area contributed by atoms with Crippen molar-refractivity contribution >= 4 is 6.09 Å². The van der Waals surface area contributed by atoms with Gasteiger partial charge in [0.1, 0.15) is 0 Å². The number of carboxylic acid groups (broad SMARTS) is 1. The topological polar surface area (TPSA) is 61.4 Å². The molecule has 3 N–H and O–H groups in total. The van der Waals surface area contributed by atoms with Crippen LogP contribution in [0.1, 0.15) is 24.5 Å². The van der Waals surface area contributed by atoms with Crippen LogP contribution in [-0.2, 0) is 12.7 Å². The molecule has 7 heteroatoms. The van der Waals surface area contributed by atoms with Gasteiger partial charge in [-0.3, -0.25) is 0 Å². The van der Waals surface area contributed by atoms with Crippen molar-refractivity contribution in [3.8, 4) is 11.1 Å². The van der Waals surface area contributed by atoms with Crippen molar-refractivity contribution in [3.63, 3.8) is 0 Å². The minimum atomic E-state index is -4.33. The molecular weight excluding hydrogens is 345 g/mol. The zero-order chi connectivity index (χ0) is 19.2. The number of hydrogen-bond acceptors (Lipinski definition) is 2. The third kappa shape index (κ3) is 6.07. The van der Waals surface area contributed by atoms with Gasteiger partial charge in [-0.05, 0) is 48.7 Å². The fraction of sp³-hybridized carbons (Fsp3) is 0.316. The molecule has 0 saturated heterocycles. The van der Waals surface area contributed by atoms with E-state index in [9.17, 15) is 18.0 Å². The Labute approximate surface area is 150 Å². The lowest BCUT2D eigenvalue weighted by atomic mass is 10.0. The number of amides is 1. The number of benzene rings is 2. The minimum Gasteiger partial charge on any atom is -0.465 e. The van der Waals surface area contributed by atoms with Crippen molar-refractivity contribution in [3.05, 3.63) is 59.7 Å². The molecule has 0 saturated carbocycles. The molecule has 1 unspecified atom stereocenters. The fourth-order valence-corrected chi connectivity index (χ4v) is 2.50. The minimum absolute atomic E-state index is 0.123. The van der Waals surface area contributed by atoms with Crippen molar-refractivity contribution in [2.24, 2.45) is 0 Å². The number of rotatable bonds is 7. The van der Waals surface area contributed by atoms with Crippen molar-refractivity contribution in [2.45, 2.75) is 32.1 Å². The van der Waals surface area contributed by atoms with Crippen molar-refractivity contribution in [1.29, 1.82) is 0 Å². The molecule has 140 valence electrons. The molecule has 2 aromatic carbocycles. The Morgan fingerprint density at radius 1 is 1.04 bits per heavy atom. The molecule has 2 aromatic rings. The number of hydrogen-bond donors (Lipinski definition) is 3. The number of nitrogens with one attached hydrogen (secondary N) is 2. The van der Waals surface area contributed by atoms with E-state index in [1.165, 1.54) is 12.1 Å². The number of carbonyl (C=O) groups is 1. The number of halogens is 3. The normalized spacial score (nSPS) is 12.6. The second kappa shape index (κ2) is 8.71. The maximum absolute atomic E-state index is 12.6. The monoisotopic (exact) mass is 366 g/mol. The average Bonchev–Trinajstić information content (AvgIpc) is 2.58. The second-order valence-electron chi connectivity index (χ2n) is 6.09. The average molecular weight is 366 g/mol. The molecule has 0 aromatic heterocycles. The van der Waals surface area contributed by atoms with E-state index in [1.807, 2.05) is 24.3 Å². The molecule has 0 spiro atoms. The van der Waals surface area contributed by atoms with Crippen LogP contribution in [0.5, 0.6) is 0 Å². The smallest absolute Gasteiger partial charge is 0.416 e. The van der Waals surface area contributed by atoms with Crippen LogP contribution in [0.2, 0.25) is 0 Å². The molecule has 0 aliphatic rings. The maximum atomic E-state index is 12.6. The largest absolute Gasteiger partial charge is 0.465 e. The molecule has 4 nitrogen and oxygen atoms in total. The van der Waals surface area contributed by atoms with Crippen LogP contribution in [-0.4, -0.2) is 23.8 Å². The predicted molar refractivity (Wildman–Crippen MR) is 93.8 cm³/mol. The summed E-state index contributed by atoms with van der Waals surface area (Å²) in [4.78, 5) is 10.5. The third-order valence-corrected chi connectivity index (χ3v) is 3.95. The summed E-state index contributed by atoms with van der Waals surface area (Å²) in [5, 5.41) is 14.2. The second-order valence-corrected chi connectivity index (χ2v) is 6.09. The van der Waals surface area contributed by atoms with Crippen LogP contribution in [0.25, 0.3) is 11.1 Å². The Morgan fingerprint density at radius 2 is 1.58 bits per heavy atom. The van der Waals surface area contributed by atoms with Crippen LogP contribution in [0, 0.1) is 0 Å². The first-order valence-corrected chi connectivity index (χ1v) is 8.22. The van der Waals surface area contributed by atoms with Gasteiger partial charge < -0.3 is 15.7 Å². The molecule has 0 aliphatic carbocycles. The summed E-state index contributed by atoms with van der Waals surface area (Å²) in [7, 11) is 0. The van der Waals surface area contributed by atoms with Gasteiger partial charge in [-0.15, -0.1) is 0 Å². The van der Waals surface area contributed by atoms with Crippen LogP contribution in [0.15, 0.2) is 48.5 Å². The lowest BCUT2D eigenvalue weighted by Gasteiger charge is -2.12. The lowest BCUT2D eigenvalue weighted by Crippen LogP contribution is -2.33. The van der Waals surface area contributed by atoms with Crippen molar-refractivity contribution in [1.82, 2.24) is 10.6 Å². The summed E-state index contributed by atoms with van der Waals surface area (Å²) in [6.45, 7) is 3.10. The highest BCUT2D eigenvalue weighted by atomic mass is 19.4. The predicted octanol–water partition coefficient (Wildman–Crippen LogP) is 4.51. The Hall–Kier alpha value is -2.54. The van der Waals surface area contributed by atoms with Gasteiger partial charge in [-0.25, -0.2) is 4.79 Å². The van der Waals surface area contributed by atoms with Gasteiger partial charge in [-0.2, -0.15) is 13.2 Å². The molecule has 0 radical (unpaired) electrons. The van der Waals surface area contributed by atoms with Crippen LogP contribution in [0.3, 0.4) is 0 Å². The van der Waals surface area contributed by atoms with Crippen LogP contribution >= 0.6 is 0 Å². The quantitative estimate of drug-likeness (QED) is 0.632. The Balaban J connectivity index is 1.85. The van der Waals surface area contributed by atoms with Gasteiger partial charge in [0.25, 0.3) is 0 Å². The van der Waals surface area contributed by atoms with Gasteiger partial charge in [-0.1, -0.05) is 36.4 Å². The molecular formula is C19H21F3N2O2. The fourth-order valence-electron chi connectivity index (χ4n) is 2.50. The van der Waals surface area contributed by atoms with Gasteiger partial charge in [0.05, 0.1) is 5.56 Å². The van der Waals surface area contributed by atoms with Gasteiger partial charge in [0.15, 0.2) is 0 Å². The maximum Gasteiger partial charge on any atom is 0.416 e. The molecule has 26 heavy (non-hydrogen) atoms. The molecule has 0 aliphatic heterocycles. The Bertz CT molecular complexity index is 713. The van der Waals surface area contributed by atoms with Gasteiger partial charge in [0, 0.05) is 12.6 Å². The summed E-state index contributed by atoms with van der Waals surface area (Å²) in [6, 6.07) is 12.5. The molecule has 1 atom stereocenters. The zero-order valence-corrected chi connectivity index (χ0v) is 14.3. The van der Waals surface area contributed by atoms with E-state index in [0.717, 1.165) is 28.8 Å². The first kappa shape index (κ1) is 19.8. The first-order chi connectivity index (χ1) is 12.3. The van der Waals surface area contributed by atoms with Crippen molar-refractivity contribution in [2.75, 3.05) is 6.54 Å². The summed E-state index contributed by atoms with van der Waals surface area (Å²) < 4.78 is 37.8. The summed E-state index contributed by atoms with van der Waals surface area (Å²) in [5.74, 6) is 0. The lowest BCUT2D eigenvalue weighted by molar-refractivity contribution is -0.137. The van der Waals surface area contributed by atoms with E-state index in [0.29, 0.717) is 19.5 Å². The van der Waals surface area contributed by atoms with E-state index in [1.54, 1.807) is 6.92 Å². The highest BCUT2D eigenvalue weighted by Crippen LogP contribution is 2.31. The molecule has 0 fully saturated rings. The first-order valence-electron chi connectivity index (χ1n) is 8.22. The van der Waals surface area contributed by atoms with E-state index in [2.05, 4.69) is 10.6 Å². The zero-order valence-electron chi connectivity index (χ0n) is 14.3. The molecule has 0 bridgehead atoms. The SMILES string of the molecule is CC(CCNCc1ccc(-c2ccc(C(F)(F)F)cc2)cc1)NC(=O)O. The standard InChI is InChI=1S/C19H21F3N2O2/c1-13(24-18(25)26)10-11-23-12-14-2-4-15(5-3-14)16-6-8-17(9-7-16)19(20,21)22/h2-9,13,23-24H,10-12H2,1H3,(H,25,26). The third-order valence-electron chi connectivity index (χ3n) is 3.95. The van der Waals surface area contributed by atoms with Gasteiger partial charge in [0.2, 0.25) is 0 Å².